The van der Waals surface area contributed by atoms with Crippen molar-refractivity contribution in [2.45, 2.75) is 12.2 Å². The van der Waals surface area contributed by atoms with Gasteiger partial charge in [-0.2, -0.15) is 0 Å². The largest absolute Gasteiger partial charge is 0.481 e. The van der Waals surface area contributed by atoms with Crippen molar-refractivity contribution in [3.8, 4) is 17.3 Å². The van der Waals surface area contributed by atoms with Crippen LogP contribution in [0.4, 0.5) is 0 Å². The van der Waals surface area contributed by atoms with Crippen molar-refractivity contribution in [1.82, 2.24) is 19.9 Å². The number of methoxy groups -OCH3 is 1. The van der Waals surface area contributed by atoms with E-state index in [2.05, 4.69) is 15.0 Å². The Balaban J connectivity index is 1.34. The van der Waals surface area contributed by atoms with Gasteiger partial charge in [-0.05, 0) is 6.07 Å². The van der Waals surface area contributed by atoms with E-state index in [0.717, 1.165) is 16.8 Å². The Morgan fingerprint density at radius 2 is 1.93 bits per heavy atom. The van der Waals surface area contributed by atoms with Crippen LogP contribution < -0.4 is 4.74 Å². The number of carbonyl (C=O) groups is 1. The van der Waals surface area contributed by atoms with Crippen molar-refractivity contribution < 1.29 is 14.3 Å². The fraction of sp³-hybridized carbons (Fsp3) is 0.238. The molecular weight excluding hydrogens is 356 g/mol. The van der Waals surface area contributed by atoms with Crippen molar-refractivity contribution in [2.75, 3.05) is 20.2 Å². The average Bonchev–Trinajstić information content (AvgIpc) is 3.12. The fourth-order valence-electron chi connectivity index (χ4n) is 3.70. The van der Waals surface area contributed by atoms with Gasteiger partial charge in [-0.15, -0.1) is 0 Å². The highest BCUT2D eigenvalue weighted by atomic mass is 16.5. The van der Waals surface area contributed by atoms with Gasteiger partial charge >= 0.3 is 0 Å². The number of aromatic nitrogens is 3. The molecule has 28 heavy (non-hydrogen) atoms. The van der Waals surface area contributed by atoms with Crippen LogP contribution in [0.15, 0.2) is 54.9 Å². The number of nitrogens with zero attached hydrogens (tertiary/aromatic N) is 4. The molecule has 5 rings (SSSR count). The third-order valence-corrected chi connectivity index (χ3v) is 5.25. The SMILES string of the molecule is COc1ccc(C(=O)N2CC3(C2)OCc2nc(-c4ccccc4)ncc23)cn1. The Labute approximate surface area is 162 Å². The Bertz CT molecular complexity index is 1030. The van der Waals surface area contributed by atoms with Crippen molar-refractivity contribution in [3.63, 3.8) is 0 Å². The second-order valence-corrected chi connectivity index (χ2v) is 6.95. The van der Waals surface area contributed by atoms with Crippen LogP contribution >= 0.6 is 0 Å². The summed E-state index contributed by atoms with van der Waals surface area (Å²) in [5, 5.41) is 0. The zero-order chi connectivity index (χ0) is 19.1. The van der Waals surface area contributed by atoms with Crippen LogP contribution in [0, 0.1) is 0 Å². The monoisotopic (exact) mass is 374 g/mol. The molecule has 2 aliphatic heterocycles. The van der Waals surface area contributed by atoms with Crippen LogP contribution in [-0.4, -0.2) is 46.0 Å². The lowest BCUT2D eigenvalue weighted by Crippen LogP contribution is -2.61. The molecular formula is C21H18N4O3. The van der Waals surface area contributed by atoms with E-state index in [1.54, 1.807) is 24.1 Å². The summed E-state index contributed by atoms with van der Waals surface area (Å²) in [6.07, 6.45) is 3.37. The summed E-state index contributed by atoms with van der Waals surface area (Å²) >= 11 is 0. The van der Waals surface area contributed by atoms with E-state index in [1.807, 2.05) is 36.5 Å². The first-order valence-corrected chi connectivity index (χ1v) is 9.04. The van der Waals surface area contributed by atoms with Crippen LogP contribution in [0.5, 0.6) is 5.88 Å². The summed E-state index contributed by atoms with van der Waals surface area (Å²) in [6.45, 7) is 1.40. The topological polar surface area (TPSA) is 77.4 Å². The highest BCUT2D eigenvalue weighted by Crippen LogP contribution is 2.43. The molecule has 1 aromatic carbocycles. The molecule has 0 N–H and O–H groups in total. The third-order valence-electron chi connectivity index (χ3n) is 5.25. The van der Waals surface area contributed by atoms with Gasteiger partial charge in [0.1, 0.15) is 5.60 Å². The van der Waals surface area contributed by atoms with Crippen molar-refractivity contribution in [2.24, 2.45) is 0 Å². The molecule has 0 atom stereocenters. The smallest absolute Gasteiger partial charge is 0.255 e. The van der Waals surface area contributed by atoms with Crippen molar-refractivity contribution in [3.05, 3.63) is 71.7 Å². The molecule has 7 heteroatoms. The minimum absolute atomic E-state index is 0.0698. The lowest BCUT2D eigenvalue weighted by atomic mass is 9.87. The van der Waals surface area contributed by atoms with Crippen molar-refractivity contribution >= 4 is 5.91 Å². The maximum Gasteiger partial charge on any atom is 0.255 e. The number of carbonyl (C=O) groups excluding carboxylic acids is 1. The zero-order valence-corrected chi connectivity index (χ0v) is 15.3. The molecule has 0 bridgehead atoms. The van der Waals surface area contributed by atoms with Gasteiger partial charge in [0.05, 0.1) is 38.1 Å². The summed E-state index contributed by atoms with van der Waals surface area (Å²) < 4.78 is 11.1. The number of amides is 1. The van der Waals surface area contributed by atoms with Crippen molar-refractivity contribution in [1.29, 1.82) is 0 Å². The zero-order valence-electron chi connectivity index (χ0n) is 15.3. The second kappa shape index (κ2) is 6.38. The fourth-order valence-corrected chi connectivity index (χ4v) is 3.70. The molecule has 0 saturated carbocycles. The first kappa shape index (κ1) is 16.8. The minimum atomic E-state index is -0.500. The van der Waals surface area contributed by atoms with Crippen LogP contribution in [0.2, 0.25) is 0 Å². The van der Waals surface area contributed by atoms with E-state index in [-0.39, 0.29) is 5.91 Å². The lowest BCUT2D eigenvalue weighted by molar-refractivity contribution is -0.126. The van der Waals surface area contributed by atoms with Crippen LogP contribution in [0.1, 0.15) is 21.6 Å². The van der Waals surface area contributed by atoms with Gasteiger partial charge in [0.25, 0.3) is 5.91 Å². The van der Waals surface area contributed by atoms with Crippen LogP contribution in [0.25, 0.3) is 11.4 Å². The number of likely N-dealkylation sites (tertiary alicyclic amines) is 1. The minimum Gasteiger partial charge on any atom is -0.481 e. The number of ether oxygens (including phenoxy) is 2. The molecule has 0 unspecified atom stereocenters. The van der Waals surface area contributed by atoms with Crippen LogP contribution in [-0.2, 0) is 16.9 Å². The molecule has 0 aliphatic carbocycles. The van der Waals surface area contributed by atoms with E-state index in [0.29, 0.717) is 37.0 Å². The highest BCUT2D eigenvalue weighted by molar-refractivity contribution is 5.94. The predicted molar refractivity (Wildman–Crippen MR) is 101 cm³/mol. The summed E-state index contributed by atoms with van der Waals surface area (Å²) in [4.78, 5) is 27.7. The average molecular weight is 374 g/mol. The molecule has 1 saturated heterocycles. The Hall–Kier alpha value is -3.32. The van der Waals surface area contributed by atoms with Gasteiger partial charge in [0.2, 0.25) is 5.88 Å². The summed E-state index contributed by atoms with van der Waals surface area (Å²) in [6, 6.07) is 13.3. The number of pyridine rings is 1. The quantitative estimate of drug-likeness (QED) is 0.701. The molecule has 2 aliphatic rings. The molecule has 140 valence electrons. The van der Waals surface area contributed by atoms with Gasteiger partial charge in [0.15, 0.2) is 5.82 Å². The molecule has 2 aromatic heterocycles. The van der Waals surface area contributed by atoms with Gasteiger partial charge in [-0.1, -0.05) is 30.3 Å². The normalized spacial score (nSPS) is 16.5. The summed E-state index contributed by atoms with van der Waals surface area (Å²) in [7, 11) is 1.54. The summed E-state index contributed by atoms with van der Waals surface area (Å²) in [5.74, 6) is 1.10. The van der Waals surface area contributed by atoms with Gasteiger partial charge in [-0.3, -0.25) is 4.79 Å². The number of benzene rings is 1. The molecule has 0 radical (unpaired) electrons. The molecule has 7 nitrogen and oxygen atoms in total. The Morgan fingerprint density at radius 1 is 1.11 bits per heavy atom. The number of hydrogen-bond acceptors (Lipinski definition) is 6. The maximum absolute atomic E-state index is 12.7. The molecule has 4 heterocycles. The van der Waals surface area contributed by atoms with E-state index in [1.165, 1.54) is 6.20 Å². The number of fused-ring (bicyclic) bond motifs is 2. The third kappa shape index (κ3) is 2.63. The van der Waals surface area contributed by atoms with Gasteiger partial charge in [0, 0.05) is 29.6 Å². The van der Waals surface area contributed by atoms with E-state index in [4.69, 9.17) is 9.47 Å². The maximum atomic E-state index is 12.7. The highest BCUT2D eigenvalue weighted by Gasteiger charge is 2.52. The Kier molecular flexibility index (Phi) is 3.84. The van der Waals surface area contributed by atoms with E-state index in [9.17, 15) is 4.79 Å². The lowest BCUT2D eigenvalue weighted by Gasteiger charge is -2.47. The van der Waals surface area contributed by atoms with Crippen LogP contribution in [0.3, 0.4) is 0 Å². The van der Waals surface area contributed by atoms with E-state index >= 15 is 0 Å². The molecule has 1 fully saturated rings. The Morgan fingerprint density at radius 3 is 2.64 bits per heavy atom. The predicted octanol–water partition coefficient (Wildman–Crippen LogP) is 2.43. The van der Waals surface area contributed by atoms with E-state index < -0.39 is 5.60 Å². The van der Waals surface area contributed by atoms with Gasteiger partial charge < -0.3 is 14.4 Å². The van der Waals surface area contributed by atoms with Gasteiger partial charge in [-0.25, -0.2) is 15.0 Å². The molecule has 1 spiro atoms. The second-order valence-electron chi connectivity index (χ2n) is 6.95. The molecule has 1 amide bonds. The number of rotatable bonds is 3. The first-order chi connectivity index (χ1) is 13.7. The number of hydrogen-bond donors (Lipinski definition) is 0. The first-order valence-electron chi connectivity index (χ1n) is 9.04. The molecule has 3 aromatic rings. The summed E-state index contributed by atoms with van der Waals surface area (Å²) in [5.41, 5.74) is 2.88. The standard InChI is InChI=1S/C21H18N4O3/c1-27-18-8-7-15(9-22-18)20(26)25-12-21(13-25)16-10-23-19(24-17(16)11-28-21)14-5-3-2-4-6-14/h2-10H,11-13H2,1H3.